The van der Waals surface area contributed by atoms with Crippen LogP contribution < -0.4 is 5.32 Å². The molecule has 2 N–H and O–H groups in total. The molecule has 110 valence electrons. The largest absolute Gasteiger partial charge is 0.322 e. The highest BCUT2D eigenvalue weighted by Gasteiger charge is 2.42. The van der Waals surface area contributed by atoms with Gasteiger partial charge in [-0.15, -0.1) is 0 Å². The van der Waals surface area contributed by atoms with E-state index in [1.54, 1.807) is 0 Å². The average Bonchev–Trinajstić information content (AvgIpc) is 3.11. The molecule has 0 atom stereocenters. The number of anilines is 1. The Labute approximate surface area is 125 Å². The highest BCUT2D eigenvalue weighted by molar-refractivity contribution is 6.00. The second-order valence-corrected chi connectivity index (χ2v) is 5.92. The molecule has 4 nitrogen and oxygen atoms in total. The molecular formula is C17H21N3O. The van der Waals surface area contributed by atoms with Crippen molar-refractivity contribution < 1.29 is 4.79 Å². The summed E-state index contributed by atoms with van der Waals surface area (Å²) in [6, 6.07) is 10.2. The van der Waals surface area contributed by atoms with Gasteiger partial charge in [-0.2, -0.15) is 5.10 Å². The molecule has 21 heavy (non-hydrogen) atoms. The Morgan fingerprint density at radius 3 is 2.43 bits per heavy atom. The van der Waals surface area contributed by atoms with Crippen molar-refractivity contribution in [1.82, 2.24) is 10.2 Å². The zero-order chi connectivity index (χ0) is 14.9. The van der Waals surface area contributed by atoms with E-state index in [4.69, 9.17) is 0 Å². The van der Waals surface area contributed by atoms with Gasteiger partial charge in [0.1, 0.15) is 0 Å². The summed E-state index contributed by atoms with van der Waals surface area (Å²) in [6.45, 7) is 3.84. The van der Waals surface area contributed by atoms with E-state index in [1.807, 2.05) is 32.0 Å². The average molecular weight is 283 g/mol. The summed E-state index contributed by atoms with van der Waals surface area (Å²) >= 11 is 0. The van der Waals surface area contributed by atoms with Crippen LogP contribution in [0, 0.1) is 13.8 Å². The molecular weight excluding hydrogens is 262 g/mol. The van der Waals surface area contributed by atoms with E-state index in [9.17, 15) is 4.79 Å². The molecule has 1 saturated carbocycles. The molecule has 4 heteroatoms. The lowest BCUT2D eigenvalue weighted by Crippen LogP contribution is -2.38. The van der Waals surface area contributed by atoms with Gasteiger partial charge >= 0.3 is 0 Å². The van der Waals surface area contributed by atoms with E-state index in [0.29, 0.717) is 0 Å². The monoisotopic (exact) mass is 283 g/mol. The van der Waals surface area contributed by atoms with Crippen LogP contribution in [0.3, 0.4) is 0 Å². The number of aryl methyl sites for hydroxylation is 2. The molecule has 1 aromatic carbocycles. The summed E-state index contributed by atoms with van der Waals surface area (Å²) in [5, 5.41) is 10.2. The number of hydrogen-bond donors (Lipinski definition) is 2. The molecule has 1 amide bonds. The molecule has 0 unspecified atom stereocenters. The number of benzene rings is 1. The van der Waals surface area contributed by atoms with Gasteiger partial charge in [-0.05, 0) is 32.3 Å². The van der Waals surface area contributed by atoms with Crippen LogP contribution in [0.15, 0.2) is 30.3 Å². The lowest BCUT2D eigenvalue weighted by Gasteiger charge is -2.28. The number of hydrogen-bond acceptors (Lipinski definition) is 2. The van der Waals surface area contributed by atoms with E-state index >= 15 is 0 Å². The quantitative estimate of drug-likeness (QED) is 0.906. The Bertz CT molecular complexity index is 620. The lowest BCUT2D eigenvalue weighted by molar-refractivity contribution is -0.121. The van der Waals surface area contributed by atoms with Crippen LogP contribution in [0.5, 0.6) is 0 Å². The fourth-order valence-corrected chi connectivity index (χ4v) is 3.35. The molecule has 0 bridgehead atoms. The third kappa shape index (κ3) is 2.35. The zero-order valence-corrected chi connectivity index (χ0v) is 12.6. The van der Waals surface area contributed by atoms with Crippen LogP contribution in [-0.4, -0.2) is 16.1 Å². The summed E-state index contributed by atoms with van der Waals surface area (Å²) in [7, 11) is 0. The normalized spacial score (nSPS) is 16.9. The molecule has 0 radical (unpaired) electrons. The van der Waals surface area contributed by atoms with Crippen LogP contribution in [0.2, 0.25) is 0 Å². The molecule has 1 aromatic heterocycles. The van der Waals surface area contributed by atoms with Gasteiger partial charge in [0.05, 0.1) is 22.5 Å². The Hall–Kier alpha value is -2.10. The molecule has 1 heterocycles. The third-order valence-corrected chi connectivity index (χ3v) is 4.58. The Kier molecular flexibility index (Phi) is 3.53. The number of aromatic amines is 1. The topological polar surface area (TPSA) is 57.8 Å². The number of rotatable bonds is 3. The zero-order valence-electron chi connectivity index (χ0n) is 12.6. The summed E-state index contributed by atoms with van der Waals surface area (Å²) < 4.78 is 0. The standard InChI is InChI=1S/C17H21N3O/c1-12-15(13(2)20-19-12)18-16(21)17(10-6-7-11-17)14-8-4-3-5-9-14/h3-5,8-9H,6-7,10-11H2,1-2H3,(H,18,21)(H,19,20). The van der Waals surface area contributed by atoms with Crippen LogP contribution in [0.1, 0.15) is 42.6 Å². The van der Waals surface area contributed by atoms with Crippen molar-refractivity contribution in [3.8, 4) is 0 Å². The summed E-state index contributed by atoms with van der Waals surface area (Å²) in [5.74, 6) is 0.0961. The predicted molar refractivity (Wildman–Crippen MR) is 83.3 cm³/mol. The number of nitrogens with one attached hydrogen (secondary N) is 2. The minimum atomic E-state index is -0.391. The SMILES string of the molecule is Cc1n[nH]c(C)c1NC(=O)C1(c2ccccc2)CCCC1. The van der Waals surface area contributed by atoms with Crippen LogP contribution >= 0.6 is 0 Å². The molecule has 1 aliphatic rings. The second kappa shape index (κ2) is 5.35. The minimum Gasteiger partial charge on any atom is -0.322 e. The maximum atomic E-state index is 13.0. The molecule has 2 aromatic rings. The van der Waals surface area contributed by atoms with Gasteiger partial charge in [-0.25, -0.2) is 0 Å². The molecule has 0 aliphatic heterocycles. The summed E-state index contributed by atoms with van der Waals surface area (Å²) in [4.78, 5) is 13.0. The Morgan fingerprint density at radius 2 is 1.86 bits per heavy atom. The van der Waals surface area contributed by atoms with Crippen molar-refractivity contribution in [3.63, 3.8) is 0 Å². The van der Waals surface area contributed by atoms with Crippen molar-refractivity contribution in [2.75, 3.05) is 5.32 Å². The van der Waals surface area contributed by atoms with Crippen molar-refractivity contribution in [2.45, 2.75) is 44.9 Å². The number of H-pyrrole nitrogens is 1. The number of amides is 1. The lowest BCUT2D eigenvalue weighted by atomic mass is 9.78. The smallest absolute Gasteiger partial charge is 0.235 e. The minimum absolute atomic E-state index is 0.0961. The van der Waals surface area contributed by atoms with Crippen LogP contribution in [-0.2, 0) is 10.2 Å². The first-order valence-electron chi connectivity index (χ1n) is 7.52. The van der Waals surface area contributed by atoms with Gasteiger partial charge in [-0.1, -0.05) is 43.2 Å². The highest BCUT2D eigenvalue weighted by Crippen LogP contribution is 2.42. The van der Waals surface area contributed by atoms with E-state index in [1.165, 1.54) is 0 Å². The van der Waals surface area contributed by atoms with Gasteiger partial charge in [0.25, 0.3) is 0 Å². The Balaban J connectivity index is 1.93. The Morgan fingerprint density at radius 1 is 1.19 bits per heavy atom. The van der Waals surface area contributed by atoms with Gasteiger partial charge in [0, 0.05) is 0 Å². The molecule has 3 rings (SSSR count). The second-order valence-electron chi connectivity index (χ2n) is 5.92. The third-order valence-electron chi connectivity index (χ3n) is 4.58. The predicted octanol–water partition coefficient (Wildman–Crippen LogP) is 3.48. The van der Waals surface area contributed by atoms with Gasteiger partial charge in [0.2, 0.25) is 5.91 Å². The number of aromatic nitrogens is 2. The maximum Gasteiger partial charge on any atom is 0.235 e. The van der Waals surface area contributed by atoms with Crippen molar-refractivity contribution in [2.24, 2.45) is 0 Å². The summed E-state index contributed by atoms with van der Waals surface area (Å²) in [5.41, 5.74) is 3.29. The van der Waals surface area contributed by atoms with Crippen molar-refractivity contribution in [3.05, 3.63) is 47.3 Å². The molecule has 0 spiro atoms. The first-order valence-corrected chi connectivity index (χ1v) is 7.52. The first-order chi connectivity index (χ1) is 10.1. The van der Waals surface area contributed by atoms with Crippen LogP contribution in [0.4, 0.5) is 5.69 Å². The van der Waals surface area contributed by atoms with Gasteiger partial charge < -0.3 is 5.32 Å². The molecule has 1 fully saturated rings. The number of nitrogens with zero attached hydrogens (tertiary/aromatic N) is 1. The van der Waals surface area contributed by atoms with Gasteiger partial charge in [-0.3, -0.25) is 9.89 Å². The van der Waals surface area contributed by atoms with E-state index in [-0.39, 0.29) is 5.91 Å². The van der Waals surface area contributed by atoms with Gasteiger partial charge in [0.15, 0.2) is 0 Å². The summed E-state index contributed by atoms with van der Waals surface area (Å²) in [6.07, 6.45) is 4.04. The fraction of sp³-hybridized carbons (Fsp3) is 0.412. The van der Waals surface area contributed by atoms with Crippen molar-refractivity contribution in [1.29, 1.82) is 0 Å². The molecule has 0 saturated heterocycles. The number of carbonyl (C=O) groups is 1. The van der Waals surface area contributed by atoms with Crippen LogP contribution in [0.25, 0.3) is 0 Å². The first kappa shape index (κ1) is 13.9. The maximum absolute atomic E-state index is 13.0. The van der Waals surface area contributed by atoms with E-state index in [0.717, 1.165) is 48.3 Å². The number of carbonyl (C=O) groups excluding carboxylic acids is 1. The molecule has 1 aliphatic carbocycles. The van der Waals surface area contributed by atoms with E-state index in [2.05, 4.69) is 27.6 Å². The fourth-order valence-electron chi connectivity index (χ4n) is 3.35. The highest BCUT2D eigenvalue weighted by atomic mass is 16.2. The van der Waals surface area contributed by atoms with E-state index < -0.39 is 5.41 Å². The van der Waals surface area contributed by atoms with Crippen molar-refractivity contribution >= 4 is 11.6 Å².